The van der Waals surface area contributed by atoms with Crippen LogP contribution in [-0.2, 0) is 22.9 Å². The van der Waals surface area contributed by atoms with Gasteiger partial charge >= 0.3 is 11.7 Å². The Morgan fingerprint density at radius 3 is 1.86 bits per heavy atom. The minimum absolute atomic E-state index is 0. The van der Waals surface area contributed by atoms with Crippen molar-refractivity contribution in [3.05, 3.63) is 0 Å². The van der Waals surface area contributed by atoms with Gasteiger partial charge in [-0.2, -0.15) is 0 Å². The summed E-state index contributed by atoms with van der Waals surface area (Å²) in [6, 6.07) is 0.444. The van der Waals surface area contributed by atoms with Crippen molar-refractivity contribution >= 4 is 20.7 Å². The van der Waals surface area contributed by atoms with Crippen molar-refractivity contribution < 1.29 is 35.9 Å². The molecule has 0 spiro atoms. The molecule has 0 rings (SSSR count). The summed E-state index contributed by atoms with van der Waals surface area (Å²) >= 11 is 0. The molecule has 0 amide bonds. The number of hydrogen-bond acceptors (Lipinski definition) is 7. The van der Waals surface area contributed by atoms with E-state index in [1.54, 1.807) is 0 Å². The van der Waals surface area contributed by atoms with Gasteiger partial charge in [-0.3, -0.25) is 0 Å². The third-order valence-electron chi connectivity index (χ3n) is 2.87. The van der Waals surface area contributed by atoms with Gasteiger partial charge < -0.3 is 33.1 Å². The Kier molecular flexibility index (Phi) is 10.2. The number of carboxylic acids is 2. The molecule has 1 atom stereocenters. The van der Waals surface area contributed by atoms with Crippen LogP contribution in [0.3, 0.4) is 0 Å². The molecule has 0 saturated carbocycles. The largest absolute Gasteiger partial charge is 1.00 e. The summed E-state index contributed by atoms with van der Waals surface area (Å²) in [4.78, 5) is 21.4. The lowest BCUT2D eigenvalue weighted by atomic mass is 10.0. The predicted molar refractivity (Wildman–Crippen MR) is 75.0 cm³/mol. The van der Waals surface area contributed by atoms with Crippen LogP contribution in [0, 0.1) is 5.92 Å². The summed E-state index contributed by atoms with van der Waals surface area (Å²) in [5.41, 5.74) is 0. The van der Waals surface area contributed by atoms with Crippen molar-refractivity contribution in [2.45, 2.75) is 46.1 Å². The first-order valence-electron chi connectivity index (χ1n) is 7.23. The standard InChI is InChI=1S/C13H26O7Si/c1-4-18-21(19-5-2,20-6-3)9-7-8-11(13(16)17)10-12(14)15/h11H,4-10H2,1-3H3,(H,14,15)(H,16,17). The molecule has 0 fully saturated rings. The van der Waals surface area contributed by atoms with Crippen LogP contribution in [0.2, 0.25) is 6.04 Å². The van der Waals surface area contributed by atoms with Crippen LogP contribution < -0.4 is 10.2 Å². The molecule has 0 aliphatic heterocycles. The number of carbonyl (C=O) groups is 2. The maximum atomic E-state index is 10.9. The van der Waals surface area contributed by atoms with Gasteiger partial charge in [0.2, 0.25) is 0 Å². The van der Waals surface area contributed by atoms with Crippen molar-refractivity contribution in [3.63, 3.8) is 0 Å². The van der Waals surface area contributed by atoms with Gasteiger partial charge in [-0.05, 0) is 40.0 Å². The van der Waals surface area contributed by atoms with Crippen LogP contribution in [-0.4, -0.2) is 40.6 Å². The van der Waals surface area contributed by atoms with E-state index < -0.39 is 33.1 Å². The van der Waals surface area contributed by atoms with Gasteiger partial charge in [0.15, 0.2) is 0 Å². The molecular formula is C13H26O7Si. The summed E-state index contributed by atoms with van der Waals surface area (Å²) in [5, 5.41) is 21.4. The average Bonchev–Trinajstić information content (AvgIpc) is 2.38. The molecule has 0 aromatic carbocycles. The van der Waals surface area contributed by atoms with E-state index in [2.05, 4.69) is 0 Å². The van der Waals surface area contributed by atoms with E-state index in [0.717, 1.165) is 0 Å². The van der Waals surface area contributed by atoms with E-state index in [1.807, 2.05) is 20.8 Å². The highest BCUT2D eigenvalue weighted by Gasteiger charge is 2.39. The van der Waals surface area contributed by atoms with E-state index in [0.29, 0.717) is 32.3 Å². The normalized spacial score (nSPS) is 13.1. The van der Waals surface area contributed by atoms with E-state index >= 15 is 0 Å². The summed E-state index contributed by atoms with van der Waals surface area (Å²) < 4.78 is 16.9. The molecule has 0 heterocycles. The number of carboxylic acid groups (broad SMARTS) is 2. The fraction of sp³-hybridized carbons (Fsp3) is 0.846. The summed E-state index contributed by atoms with van der Waals surface area (Å²) in [7, 11) is -2.81. The van der Waals surface area contributed by atoms with E-state index in [9.17, 15) is 19.8 Å². The van der Waals surface area contributed by atoms with E-state index in [1.165, 1.54) is 0 Å². The van der Waals surface area contributed by atoms with Crippen molar-refractivity contribution in [1.29, 1.82) is 0 Å². The first kappa shape index (κ1) is 20.0. The minimum atomic E-state index is -2.81. The zero-order valence-corrected chi connectivity index (χ0v) is 13.9. The minimum Gasteiger partial charge on any atom is -0.550 e. The SMILES string of the molecule is CCO[Si](CCCC(CC(=O)[O-])C(=O)[O-])(OCC)OCC.[H+].[H+]. The van der Waals surface area contributed by atoms with Gasteiger partial charge in [0.05, 0.1) is 0 Å². The molecule has 8 heteroatoms. The second-order valence-corrected chi connectivity index (χ2v) is 7.20. The lowest BCUT2D eigenvalue weighted by molar-refractivity contribution is -0.320. The highest BCUT2D eigenvalue weighted by atomic mass is 28.4. The third-order valence-corrected chi connectivity index (χ3v) is 6.03. The molecule has 0 aliphatic rings. The molecule has 124 valence electrons. The third kappa shape index (κ3) is 8.15. The molecule has 0 aliphatic carbocycles. The Labute approximate surface area is 129 Å². The van der Waals surface area contributed by atoms with Gasteiger partial charge in [0, 0.05) is 43.7 Å². The number of hydrogen-bond donors (Lipinski definition) is 0. The topological polar surface area (TPSA) is 108 Å². The molecule has 21 heavy (non-hydrogen) atoms. The quantitative estimate of drug-likeness (QED) is 0.422. The first-order chi connectivity index (χ1) is 9.90. The molecule has 0 radical (unpaired) electrons. The fourth-order valence-corrected chi connectivity index (χ4v) is 4.71. The fourth-order valence-electron chi connectivity index (χ4n) is 2.07. The highest BCUT2D eigenvalue weighted by molar-refractivity contribution is 6.60. The van der Waals surface area contributed by atoms with E-state index in [4.69, 9.17) is 13.3 Å². The van der Waals surface area contributed by atoms with Crippen molar-refractivity contribution in [3.8, 4) is 0 Å². The van der Waals surface area contributed by atoms with Gasteiger partial charge in [0.25, 0.3) is 0 Å². The number of carbonyl (C=O) groups excluding carboxylic acids is 2. The molecule has 0 N–H and O–H groups in total. The van der Waals surface area contributed by atoms with Gasteiger partial charge in [-0.1, -0.05) is 0 Å². The molecule has 0 aromatic heterocycles. The maximum Gasteiger partial charge on any atom is 1.00 e. The Balaban J connectivity index is -0.00000200. The van der Waals surface area contributed by atoms with Gasteiger partial charge in [-0.25, -0.2) is 0 Å². The van der Waals surface area contributed by atoms with Gasteiger partial charge in [-0.15, -0.1) is 0 Å². The second-order valence-electron chi connectivity index (χ2n) is 4.47. The molecule has 7 nitrogen and oxygen atoms in total. The van der Waals surface area contributed by atoms with Crippen molar-refractivity contribution in [1.82, 2.24) is 0 Å². The lowest BCUT2D eigenvalue weighted by Crippen LogP contribution is -2.46. The van der Waals surface area contributed by atoms with Crippen LogP contribution in [0.1, 0.15) is 42.9 Å². The average molecular weight is 322 g/mol. The monoisotopic (exact) mass is 322 g/mol. The number of rotatable bonds is 13. The first-order valence-corrected chi connectivity index (χ1v) is 9.16. The molecular weight excluding hydrogens is 296 g/mol. The van der Waals surface area contributed by atoms with Gasteiger partial charge in [0.1, 0.15) is 0 Å². The lowest BCUT2D eigenvalue weighted by Gasteiger charge is -2.29. The maximum absolute atomic E-state index is 10.9. The molecule has 1 unspecified atom stereocenters. The zero-order chi connectivity index (χ0) is 16.3. The summed E-state index contributed by atoms with van der Waals surface area (Å²) in [6.07, 6.45) is 0.0469. The Morgan fingerprint density at radius 2 is 1.52 bits per heavy atom. The second kappa shape index (κ2) is 10.7. The van der Waals surface area contributed by atoms with Crippen molar-refractivity contribution in [2.75, 3.05) is 19.8 Å². The van der Waals surface area contributed by atoms with Crippen LogP contribution in [0.15, 0.2) is 0 Å². The summed E-state index contributed by atoms with van der Waals surface area (Å²) in [5.74, 6) is -3.84. The van der Waals surface area contributed by atoms with Crippen LogP contribution in [0.4, 0.5) is 0 Å². The Morgan fingerprint density at radius 1 is 1.05 bits per heavy atom. The highest BCUT2D eigenvalue weighted by Crippen LogP contribution is 2.22. The number of aliphatic carboxylic acids is 2. The smallest absolute Gasteiger partial charge is 0.550 e. The molecule has 0 saturated heterocycles. The van der Waals surface area contributed by atoms with Crippen LogP contribution in [0.5, 0.6) is 0 Å². The summed E-state index contributed by atoms with van der Waals surface area (Å²) in [6.45, 7) is 6.82. The predicted octanol–water partition coefficient (Wildman–Crippen LogP) is -0.454. The van der Waals surface area contributed by atoms with Crippen molar-refractivity contribution in [2.24, 2.45) is 5.92 Å². The Hall–Kier alpha value is -0.963. The van der Waals surface area contributed by atoms with Crippen LogP contribution >= 0.6 is 0 Å². The molecule has 0 bridgehead atoms. The Bertz CT molecular complexity index is 314. The van der Waals surface area contributed by atoms with E-state index in [-0.39, 0.29) is 9.27 Å². The zero-order valence-electron chi connectivity index (χ0n) is 14.9. The molecule has 0 aromatic rings. The van der Waals surface area contributed by atoms with Crippen LogP contribution in [0.25, 0.3) is 0 Å².